The van der Waals surface area contributed by atoms with Crippen molar-refractivity contribution in [3.63, 3.8) is 0 Å². The van der Waals surface area contributed by atoms with E-state index in [1.54, 1.807) is 4.90 Å². The van der Waals surface area contributed by atoms with E-state index in [0.717, 1.165) is 9.75 Å². The summed E-state index contributed by atoms with van der Waals surface area (Å²) >= 11 is 1.50. The van der Waals surface area contributed by atoms with Gasteiger partial charge in [0.2, 0.25) is 0 Å². The van der Waals surface area contributed by atoms with E-state index in [-0.39, 0.29) is 18.6 Å². The van der Waals surface area contributed by atoms with E-state index >= 15 is 0 Å². The van der Waals surface area contributed by atoms with Crippen molar-refractivity contribution in [2.75, 3.05) is 19.7 Å². The highest BCUT2D eigenvalue weighted by molar-refractivity contribution is 7.13. The molecule has 1 aliphatic heterocycles. The molecule has 0 aromatic carbocycles. The van der Waals surface area contributed by atoms with Crippen LogP contribution in [0.25, 0.3) is 0 Å². The van der Waals surface area contributed by atoms with Gasteiger partial charge in [-0.2, -0.15) is 0 Å². The Bertz CT molecular complexity index is 441. The third-order valence-corrected chi connectivity index (χ3v) is 3.91. The summed E-state index contributed by atoms with van der Waals surface area (Å²) in [6, 6.07) is 3.81. The molecule has 1 aromatic heterocycles. The Morgan fingerprint density at radius 3 is 2.89 bits per heavy atom. The monoisotopic (exact) mass is 269 g/mol. The van der Waals surface area contributed by atoms with Gasteiger partial charge in [-0.1, -0.05) is 0 Å². The lowest BCUT2D eigenvalue weighted by molar-refractivity contribution is -0.139. The first kappa shape index (κ1) is 13.5. The summed E-state index contributed by atoms with van der Waals surface area (Å²) in [6.45, 7) is 6.82. The number of morpholine rings is 1. The molecule has 1 aromatic rings. The molecule has 1 atom stereocenters. The van der Waals surface area contributed by atoms with Crippen LogP contribution < -0.4 is 0 Å². The molecule has 0 bridgehead atoms. The maximum absolute atomic E-state index is 12.4. The van der Waals surface area contributed by atoms with Gasteiger partial charge in [-0.3, -0.25) is 4.79 Å². The fourth-order valence-electron chi connectivity index (χ4n) is 2.25. The molecule has 0 aliphatic carbocycles. The second-order valence-electron chi connectivity index (χ2n) is 5.28. The highest BCUT2D eigenvalue weighted by Gasteiger charge is 2.35. The van der Waals surface area contributed by atoms with E-state index in [1.807, 2.05) is 32.9 Å². The van der Waals surface area contributed by atoms with Crippen LogP contribution in [0.5, 0.6) is 0 Å². The number of aryl methyl sites for hydroxylation is 1. The normalized spacial score (nSPS) is 23.1. The molecule has 1 fully saturated rings. The minimum Gasteiger partial charge on any atom is -0.394 e. The quantitative estimate of drug-likeness (QED) is 0.888. The first-order valence-electron chi connectivity index (χ1n) is 6.06. The molecule has 1 N–H and O–H groups in total. The average Bonchev–Trinajstić information content (AvgIpc) is 2.72. The number of nitrogens with zero attached hydrogens (tertiary/aromatic N) is 1. The van der Waals surface area contributed by atoms with E-state index in [0.29, 0.717) is 13.1 Å². The van der Waals surface area contributed by atoms with Gasteiger partial charge in [0.05, 0.1) is 23.2 Å². The fourth-order valence-corrected chi connectivity index (χ4v) is 3.09. The van der Waals surface area contributed by atoms with Crippen molar-refractivity contribution >= 4 is 17.2 Å². The molecule has 0 saturated carbocycles. The average molecular weight is 269 g/mol. The first-order chi connectivity index (χ1) is 8.41. The Hall–Kier alpha value is -0.910. The second kappa shape index (κ2) is 4.99. The zero-order valence-electron chi connectivity index (χ0n) is 11.0. The van der Waals surface area contributed by atoms with Crippen molar-refractivity contribution in [3.05, 3.63) is 21.9 Å². The second-order valence-corrected chi connectivity index (χ2v) is 6.57. The van der Waals surface area contributed by atoms with Crippen LogP contribution in [0.3, 0.4) is 0 Å². The number of hydrogen-bond acceptors (Lipinski definition) is 4. The topological polar surface area (TPSA) is 49.8 Å². The van der Waals surface area contributed by atoms with Gasteiger partial charge in [-0.25, -0.2) is 0 Å². The van der Waals surface area contributed by atoms with E-state index in [4.69, 9.17) is 4.74 Å². The van der Waals surface area contributed by atoms with Crippen LogP contribution in [0.15, 0.2) is 12.1 Å². The molecule has 1 aliphatic rings. The predicted octanol–water partition coefficient (Wildman–Crippen LogP) is 1.67. The summed E-state index contributed by atoms with van der Waals surface area (Å²) in [5.74, 6) is 0.0305. The standard InChI is InChI=1S/C13H19NO3S/c1-9-4-5-11(18-9)12(16)14-6-10(7-15)17-13(2,3)8-14/h4-5,10,15H,6-8H2,1-3H3. The van der Waals surface area contributed by atoms with E-state index in [2.05, 4.69) is 0 Å². The summed E-state index contributed by atoms with van der Waals surface area (Å²) in [6.07, 6.45) is -0.293. The molecule has 1 unspecified atom stereocenters. The lowest BCUT2D eigenvalue weighted by Crippen LogP contribution is -2.55. The summed E-state index contributed by atoms with van der Waals surface area (Å²) in [4.78, 5) is 16.0. The van der Waals surface area contributed by atoms with Crippen molar-refractivity contribution in [2.45, 2.75) is 32.5 Å². The summed E-state index contributed by atoms with van der Waals surface area (Å²) in [7, 11) is 0. The van der Waals surface area contributed by atoms with E-state index < -0.39 is 5.60 Å². The molecule has 2 rings (SSSR count). The Kier molecular flexibility index (Phi) is 3.75. The third-order valence-electron chi connectivity index (χ3n) is 2.92. The predicted molar refractivity (Wildman–Crippen MR) is 71.0 cm³/mol. The molecule has 2 heterocycles. The van der Waals surface area contributed by atoms with Crippen LogP contribution in [0, 0.1) is 6.92 Å². The smallest absolute Gasteiger partial charge is 0.264 e. The van der Waals surface area contributed by atoms with Crippen LogP contribution in [0.4, 0.5) is 0 Å². The Balaban J connectivity index is 2.14. The fraction of sp³-hybridized carbons (Fsp3) is 0.615. The van der Waals surface area contributed by atoms with Crippen molar-refractivity contribution in [3.8, 4) is 0 Å². The number of thiophene rings is 1. The largest absolute Gasteiger partial charge is 0.394 e. The molecule has 4 nitrogen and oxygen atoms in total. The maximum Gasteiger partial charge on any atom is 0.264 e. The number of carbonyl (C=O) groups is 1. The van der Waals surface area contributed by atoms with Gasteiger partial charge >= 0.3 is 0 Å². The molecular formula is C13H19NO3S. The van der Waals surface area contributed by atoms with Gasteiger partial charge in [0.15, 0.2) is 0 Å². The highest BCUT2D eigenvalue weighted by atomic mass is 32.1. The van der Waals surface area contributed by atoms with Gasteiger partial charge in [-0.05, 0) is 32.9 Å². The highest BCUT2D eigenvalue weighted by Crippen LogP contribution is 2.24. The van der Waals surface area contributed by atoms with Gasteiger partial charge in [0, 0.05) is 18.0 Å². The number of ether oxygens (including phenoxy) is 1. The van der Waals surface area contributed by atoms with Gasteiger partial charge in [0.25, 0.3) is 5.91 Å². The summed E-state index contributed by atoms with van der Waals surface area (Å²) in [5.41, 5.74) is -0.409. The minimum absolute atomic E-state index is 0.0305. The van der Waals surface area contributed by atoms with Gasteiger partial charge in [-0.15, -0.1) is 11.3 Å². The van der Waals surface area contributed by atoms with Crippen LogP contribution in [0.1, 0.15) is 28.4 Å². The van der Waals surface area contributed by atoms with Crippen LogP contribution in [0.2, 0.25) is 0 Å². The van der Waals surface area contributed by atoms with Crippen molar-refractivity contribution in [1.29, 1.82) is 0 Å². The van der Waals surface area contributed by atoms with Crippen LogP contribution in [-0.4, -0.2) is 47.3 Å². The van der Waals surface area contributed by atoms with Crippen molar-refractivity contribution < 1.29 is 14.6 Å². The number of aliphatic hydroxyl groups excluding tert-OH is 1. The molecule has 1 saturated heterocycles. The zero-order valence-corrected chi connectivity index (χ0v) is 11.8. The molecular weight excluding hydrogens is 250 g/mol. The molecule has 18 heavy (non-hydrogen) atoms. The number of rotatable bonds is 2. The first-order valence-corrected chi connectivity index (χ1v) is 6.87. The number of hydrogen-bond donors (Lipinski definition) is 1. The Morgan fingerprint density at radius 1 is 1.61 bits per heavy atom. The third kappa shape index (κ3) is 2.91. The lowest BCUT2D eigenvalue weighted by atomic mass is 10.1. The Morgan fingerprint density at radius 2 is 2.33 bits per heavy atom. The van der Waals surface area contributed by atoms with Crippen LogP contribution >= 0.6 is 11.3 Å². The van der Waals surface area contributed by atoms with E-state index in [1.165, 1.54) is 11.3 Å². The van der Waals surface area contributed by atoms with Crippen molar-refractivity contribution in [1.82, 2.24) is 4.90 Å². The number of amides is 1. The Labute approximate surface area is 111 Å². The van der Waals surface area contributed by atoms with Crippen LogP contribution in [-0.2, 0) is 4.74 Å². The maximum atomic E-state index is 12.4. The SMILES string of the molecule is Cc1ccc(C(=O)N2CC(CO)OC(C)(C)C2)s1. The molecule has 100 valence electrons. The molecule has 1 amide bonds. The lowest BCUT2D eigenvalue weighted by Gasteiger charge is -2.42. The van der Waals surface area contributed by atoms with E-state index in [9.17, 15) is 9.90 Å². The summed E-state index contributed by atoms with van der Waals surface area (Å²) in [5, 5.41) is 9.24. The molecule has 5 heteroatoms. The zero-order chi connectivity index (χ0) is 13.3. The van der Waals surface area contributed by atoms with Crippen molar-refractivity contribution in [2.24, 2.45) is 0 Å². The summed E-state index contributed by atoms with van der Waals surface area (Å²) < 4.78 is 5.70. The molecule has 0 radical (unpaired) electrons. The minimum atomic E-state index is -0.409. The van der Waals surface area contributed by atoms with Gasteiger partial charge in [0.1, 0.15) is 0 Å². The molecule has 0 spiro atoms. The number of carbonyl (C=O) groups excluding carboxylic acids is 1. The number of aliphatic hydroxyl groups is 1. The van der Waals surface area contributed by atoms with Gasteiger partial charge < -0.3 is 14.7 Å².